The summed E-state index contributed by atoms with van der Waals surface area (Å²) >= 11 is 8.48. The normalized spacial score (nSPS) is 11.8. The number of nitrogens with zero attached hydrogens (tertiary/aromatic N) is 3. The Labute approximate surface area is 254 Å². The average Bonchev–Trinajstić information content (AvgIpc) is 3.60. The third-order valence-corrected chi connectivity index (χ3v) is 9.27. The number of para-hydroxylation sites is 1. The number of hydrogen-bond donors (Lipinski definition) is 0. The second-order valence-electron chi connectivity index (χ2n) is 10.6. The summed E-state index contributed by atoms with van der Waals surface area (Å²) in [5, 5.41) is 7.45. The minimum Gasteiger partial charge on any atom is -0.456 e. The van der Waals surface area contributed by atoms with Crippen LogP contribution < -0.4 is 0 Å². The van der Waals surface area contributed by atoms with Gasteiger partial charge < -0.3 is 4.42 Å². The van der Waals surface area contributed by atoms with E-state index in [2.05, 4.69) is 54.6 Å². The molecule has 0 spiro atoms. The van der Waals surface area contributed by atoms with Gasteiger partial charge in [-0.25, -0.2) is 15.0 Å². The van der Waals surface area contributed by atoms with Crippen LogP contribution in [0.1, 0.15) is 0 Å². The molecular formula is C37H20ClN3OS. The molecule has 6 heteroatoms. The van der Waals surface area contributed by atoms with Crippen LogP contribution in [0.25, 0.3) is 87.0 Å². The van der Waals surface area contributed by atoms with Gasteiger partial charge in [0.15, 0.2) is 17.5 Å². The van der Waals surface area contributed by atoms with E-state index in [0.717, 1.165) is 54.1 Å². The molecule has 9 rings (SSSR count). The number of benzene rings is 6. The molecule has 9 aromatic rings. The summed E-state index contributed by atoms with van der Waals surface area (Å²) in [5.74, 6) is 1.75. The van der Waals surface area contributed by atoms with Gasteiger partial charge in [-0.15, -0.1) is 11.3 Å². The summed E-state index contributed by atoms with van der Waals surface area (Å²) < 4.78 is 8.50. The van der Waals surface area contributed by atoms with E-state index in [1.165, 1.54) is 15.5 Å². The Kier molecular flexibility index (Phi) is 5.39. The second-order valence-corrected chi connectivity index (χ2v) is 12.1. The minimum atomic E-state index is 0.573. The van der Waals surface area contributed by atoms with Crippen LogP contribution in [0.3, 0.4) is 0 Å². The smallest absolute Gasteiger partial charge is 0.164 e. The molecule has 0 fully saturated rings. The maximum absolute atomic E-state index is 6.75. The van der Waals surface area contributed by atoms with Crippen molar-refractivity contribution in [3.05, 3.63) is 126 Å². The fourth-order valence-electron chi connectivity index (χ4n) is 5.94. The van der Waals surface area contributed by atoms with Crippen LogP contribution in [0.4, 0.5) is 0 Å². The fourth-order valence-corrected chi connectivity index (χ4v) is 7.43. The van der Waals surface area contributed by atoms with E-state index in [1.807, 2.05) is 66.7 Å². The number of fused-ring (bicyclic) bond motifs is 7. The highest BCUT2D eigenvalue weighted by Crippen LogP contribution is 2.43. The van der Waals surface area contributed by atoms with Crippen LogP contribution in [-0.4, -0.2) is 15.0 Å². The molecule has 0 atom stereocenters. The zero-order chi connectivity index (χ0) is 28.5. The molecule has 6 aromatic carbocycles. The molecule has 0 amide bonds. The molecule has 43 heavy (non-hydrogen) atoms. The minimum absolute atomic E-state index is 0.573. The summed E-state index contributed by atoms with van der Waals surface area (Å²) in [6.07, 6.45) is 0. The summed E-state index contributed by atoms with van der Waals surface area (Å²) in [7, 11) is 0. The second kappa shape index (κ2) is 9.46. The zero-order valence-electron chi connectivity index (χ0n) is 22.6. The van der Waals surface area contributed by atoms with Crippen LogP contribution in [0.2, 0.25) is 5.02 Å². The average molecular weight is 590 g/mol. The number of rotatable bonds is 3. The van der Waals surface area contributed by atoms with Crippen LogP contribution in [0.5, 0.6) is 0 Å². The number of halogens is 1. The van der Waals surface area contributed by atoms with Gasteiger partial charge in [-0.3, -0.25) is 0 Å². The Morgan fingerprint density at radius 3 is 2.07 bits per heavy atom. The first-order valence-corrected chi connectivity index (χ1v) is 15.2. The Bertz CT molecular complexity index is 2530. The number of hydrogen-bond acceptors (Lipinski definition) is 5. The Balaban J connectivity index is 1.32. The van der Waals surface area contributed by atoms with Gasteiger partial charge in [-0.1, -0.05) is 90.5 Å². The van der Waals surface area contributed by atoms with Gasteiger partial charge in [-0.05, 0) is 53.2 Å². The molecule has 0 N–H and O–H groups in total. The molecule has 0 bridgehead atoms. The topological polar surface area (TPSA) is 51.8 Å². The highest BCUT2D eigenvalue weighted by Gasteiger charge is 2.19. The molecule has 0 radical (unpaired) electrons. The standard InChI is InChI=1S/C37H20ClN3OS/c38-25-19-29(34-28-16-22-10-4-5-11-23(22)18-32(28)43-33(34)20-25)37-40-35(21-8-2-1-3-9-21)39-36(41-37)24-14-15-27-26-12-6-7-13-30(26)42-31(27)17-24/h1-20H. The van der Waals surface area contributed by atoms with Gasteiger partial charge in [-0.2, -0.15) is 0 Å². The number of thiophene rings is 1. The number of furan rings is 1. The SMILES string of the molecule is Clc1cc(-c2nc(-c3ccccc3)nc(-c3ccc4c(c3)oc3ccccc34)n2)c2c(c1)sc1cc3ccccc3cc12. The van der Waals surface area contributed by atoms with Crippen molar-refractivity contribution in [2.75, 3.05) is 0 Å². The van der Waals surface area contributed by atoms with Crippen LogP contribution in [0, 0.1) is 0 Å². The monoisotopic (exact) mass is 589 g/mol. The summed E-state index contributed by atoms with van der Waals surface area (Å²) in [6, 6.07) is 41.2. The lowest BCUT2D eigenvalue weighted by molar-refractivity contribution is 0.669. The van der Waals surface area contributed by atoms with E-state index in [0.29, 0.717) is 22.5 Å². The molecule has 3 heterocycles. The Hall–Kier alpha value is -5.10. The lowest BCUT2D eigenvalue weighted by Crippen LogP contribution is -2.00. The first kappa shape index (κ1) is 24.5. The first-order valence-electron chi connectivity index (χ1n) is 14.0. The molecular weight excluding hydrogens is 570 g/mol. The summed E-state index contributed by atoms with van der Waals surface area (Å²) in [5.41, 5.74) is 4.30. The lowest BCUT2D eigenvalue weighted by atomic mass is 10.0. The third kappa shape index (κ3) is 4.01. The van der Waals surface area contributed by atoms with Crippen LogP contribution >= 0.6 is 22.9 Å². The predicted molar refractivity (Wildman–Crippen MR) is 179 cm³/mol. The van der Waals surface area contributed by atoms with E-state index in [1.54, 1.807) is 11.3 Å². The largest absolute Gasteiger partial charge is 0.456 e. The highest BCUT2D eigenvalue weighted by atomic mass is 35.5. The zero-order valence-corrected chi connectivity index (χ0v) is 24.2. The summed E-state index contributed by atoms with van der Waals surface area (Å²) in [4.78, 5) is 15.1. The van der Waals surface area contributed by atoms with Gasteiger partial charge in [0.25, 0.3) is 0 Å². The van der Waals surface area contributed by atoms with Crippen molar-refractivity contribution in [3.63, 3.8) is 0 Å². The van der Waals surface area contributed by atoms with Crippen molar-refractivity contribution in [1.82, 2.24) is 15.0 Å². The third-order valence-electron chi connectivity index (χ3n) is 7.95. The fraction of sp³-hybridized carbons (Fsp3) is 0. The molecule has 0 aliphatic carbocycles. The van der Waals surface area contributed by atoms with Gasteiger partial charge in [0.05, 0.1) is 0 Å². The van der Waals surface area contributed by atoms with Gasteiger partial charge in [0, 0.05) is 52.7 Å². The van der Waals surface area contributed by atoms with E-state index in [4.69, 9.17) is 31.0 Å². The van der Waals surface area contributed by atoms with Crippen molar-refractivity contribution in [3.8, 4) is 34.2 Å². The van der Waals surface area contributed by atoms with Crippen molar-refractivity contribution in [2.24, 2.45) is 0 Å². The molecule has 202 valence electrons. The predicted octanol–water partition coefficient (Wildman–Crippen LogP) is 10.9. The van der Waals surface area contributed by atoms with Crippen molar-refractivity contribution in [2.45, 2.75) is 0 Å². The van der Waals surface area contributed by atoms with E-state index in [9.17, 15) is 0 Å². The molecule has 3 aromatic heterocycles. The molecule has 0 aliphatic heterocycles. The molecule has 0 saturated heterocycles. The van der Waals surface area contributed by atoms with Crippen molar-refractivity contribution < 1.29 is 4.42 Å². The van der Waals surface area contributed by atoms with Crippen molar-refractivity contribution >= 4 is 75.8 Å². The van der Waals surface area contributed by atoms with E-state index in [-0.39, 0.29) is 0 Å². The molecule has 0 saturated carbocycles. The van der Waals surface area contributed by atoms with Gasteiger partial charge in [0.2, 0.25) is 0 Å². The maximum atomic E-state index is 6.75. The number of aromatic nitrogens is 3. The maximum Gasteiger partial charge on any atom is 0.164 e. The molecule has 4 nitrogen and oxygen atoms in total. The first-order chi connectivity index (χ1) is 21.2. The Morgan fingerprint density at radius 2 is 1.21 bits per heavy atom. The Morgan fingerprint density at radius 1 is 0.512 bits per heavy atom. The highest BCUT2D eigenvalue weighted by molar-refractivity contribution is 7.26. The van der Waals surface area contributed by atoms with Gasteiger partial charge >= 0.3 is 0 Å². The van der Waals surface area contributed by atoms with E-state index < -0.39 is 0 Å². The van der Waals surface area contributed by atoms with E-state index >= 15 is 0 Å². The molecule has 0 aliphatic rings. The van der Waals surface area contributed by atoms with Gasteiger partial charge in [0.1, 0.15) is 11.2 Å². The quantitative estimate of drug-likeness (QED) is 0.206. The van der Waals surface area contributed by atoms with Crippen LogP contribution in [0.15, 0.2) is 126 Å². The van der Waals surface area contributed by atoms with Crippen LogP contribution in [-0.2, 0) is 0 Å². The lowest BCUT2D eigenvalue weighted by Gasteiger charge is -2.10. The molecule has 0 unspecified atom stereocenters. The summed E-state index contributed by atoms with van der Waals surface area (Å²) in [6.45, 7) is 0. The van der Waals surface area contributed by atoms with Crippen molar-refractivity contribution in [1.29, 1.82) is 0 Å².